The number of benzene rings is 4. The average molecular weight is 473 g/mol. The number of ketones is 2. The van der Waals surface area contributed by atoms with Gasteiger partial charge in [-0.25, -0.2) is 4.79 Å². The molecule has 0 saturated heterocycles. The van der Waals surface area contributed by atoms with Gasteiger partial charge in [-0.05, 0) is 35.7 Å². The van der Waals surface area contributed by atoms with Gasteiger partial charge in [-0.1, -0.05) is 97.1 Å². The number of fused-ring (bicyclic) bond motifs is 5. The van der Waals surface area contributed by atoms with E-state index >= 15 is 0 Å². The van der Waals surface area contributed by atoms with Gasteiger partial charge in [0.15, 0.2) is 11.6 Å². The lowest BCUT2D eigenvalue weighted by Crippen LogP contribution is -2.45. The van der Waals surface area contributed by atoms with Crippen LogP contribution in [0.4, 0.5) is 0 Å². The third kappa shape index (κ3) is 3.04. The highest BCUT2D eigenvalue weighted by atomic mass is 16.5. The van der Waals surface area contributed by atoms with Gasteiger partial charge in [0.25, 0.3) is 0 Å². The normalized spacial score (nSPS) is 22.3. The van der Waals surface area contributed by atoms with E-state index in [2.05, 4.69) is 0 Å². The van der Waals surface area contributed by atoms with Gasteiger partial charge in [-0.2, -0.15) is 0 Å². The zero-order valence-electron chi connectivity index (χ0n) is 19.8. The van der Waals surface area contributed by atoms with Crippen molar-refractivity contribution in [3.63, 3.8) is 0 Å². The van der Waals surface area contributed by atoms with E-state index in [9.17, 15) is 14.4 Å². The Kier molecular flexibility index (Phi) is 5.18. The second-order valence-corrected chi connectivity index (χ2v) is 9.47. The van der Waals surface area contributed by atoms with E-state index < -0.39 is 29.3 Å². The van der Waals surface area contributed by atoms with Crippen LogP contribution in [-0.4, -0.2) is 23.6 Å². The molecule has 2 aliphatic rings. The summed E-state index contributed by atoms with van der Waals surface area (Å²) in [7, 11) is 0. The van der Waals surface area contributed by atoms with Crippen LogP contribution >= 0.6 is 0 Å². The SMILES string of the molecule is CC(OC(=O)c1ccccc1)[C@]12c3ccccc3C(=O)[C@H]1[C@@H](C(=O)c1ccccc1)c1ccccc12. The highest BCUT2D eigenvalue weighted by Crippen LogP contribution is 2.62. The van der Waals surface area contributed by atoms with Gasteiger partial charge in [-0.3, -0.25) is 9.59 Å². The first-order valence-corrected chi connectivity index (χ1v) is 12.1. The molecule has 2 aliphatic carbocycles. The van der Waals surface area contributed by atoms with Crippen LogP contribution in [0.15, 0.2) is 109 Å². The van der Waals surface area contributed by atoms with Crippen molar-refractivity contribution in [3.05, 3.63) is 143 Å². The maximum atomic E-state index is 14.1. The summed E-state index contributed by atoms with van der Waals surface area (Å²) in [5.41, 5.74) is 3.13. The Morgan fingerprint density at radius 2 is 1.28 bits per heavy atom. The third-order valence-electron chi connectivity index (χ3n) is 7.76. The third-order valence-corrected chi connectivity index (χ3v) is 7.76. The molecular formula is C32H24O4. The summed E-state index contributed by atoms with van der Waals surface area (Å²) in [6.07, 6.45) is -0.697. The van der Waals surface area contributed by atoms with Gasteiger partial charge in [-0.15, -0.1) is 0 Å². The minimum atomic E-state index is -0.968. The van der Waals surface area contributed by atoms with Crippen LogP contribution in [0.25, 0.3) is 0 Å². The van der Waals surface area contributed by atoms with Crippen molar-refractivity contribution >= 4 is 17.5 Å². The number of carbonyl (C=O) groups is 3. The maximum absolute atomic E-state index is 14.1. The standard InChI is InChI=1S/C32H24O4/c1-20(36-31(35)22-14-6-3-7-15-22)32-25-18-10-8-16-23(25)27(29(33)21-12-4-2-5-13-21)28(32)30(34)24-17-9-11-19-26(24)32/h2-20,27-28H,1H3/t20?,27-,28+,32-/m0/s1. The molecule has 4 atom stereocenters. The van der Waals surface area contributed by atoms with Crippen molar-refractivity contribution in [1.82, 2.24) is 0 Å². The van der Waals surface area contributed by atoms with Crippen LogP contribution in [0.5, 0.6) is 0 Å². The molecule has 4 aromatic rings. The van der Waals surface area contributed by atoms with Gasteiger partial charge in [0.05, 0.1) is 22.8 Å². The Hall–Kier alpha value is -4.31. The number of hydrogen-bond donors (Lipinski definition) is 0. The lowest BCUT2D eigenvalue weighted by molar-refractivity contribution is 0.0113. The minimum Gasteiger partial charge on any atom is -0.458 e. The van der Waals surface area contributed by atoms with Crippen molar-refractivity contribution < 1.29 is 19.1 Å². The van der Waals surface area contributed by atoms with E-state index in [0.29, 0.717) is 16.7 Å². The van der Waals surface area contributed by atoms with Crippen LogP contribution in [0, 0.1) is 5.92 Å². The summed E-state index contributed by atoms with van der Waals surface area (Å²) < 4.78 is 6.12. The number of Topliss-reactive ketones (excluding diaryl/α,β-unsaturated/α-hetero) is 2. The van der Waals surface area contributed by atoms with E-state index in [-0.39, 0.29) is 11.6 Å². The van der Waals surface area contributed by atoms with E-state index in [4.69, 9.17) is 4.74 Å². The van der Waals surface area contributed by atoms with Crippen molar-refractivity contribution in [3.8, 4) is 0 Å². The van der Waals surface area contributed by atoms with Crippen LogP contribution in [0.1, 0.15) is 60.6 Å². The van der Waals surface area contributed by atoms with Gasteiger partial charge >= 0.3 is 5.97 Å². The molecule has 4 nitrogen and oxygen atoms in total. The fourth-order valence-electron chi connectivity index (χ4n) is 6.31. The molecular weight excluding hydrogens is 448 g/mol. The van der Waals surface area contributed by atoms with Crippen LogP contribution in [0.2, 0.25) is 0 Å². The molecule has 36 heavy (non-hydrogen) atoms. The number of hydrogen-bond acceptors (Lipinski definition) is 4. The molecule has 0 aliphatic heterocycles. The lowest BCUT2D eigenvalue weighted by Gasteiger charge is -2.37. The molecule has 0 saturated carbocycles. The Balaban J connectivity index is 1.55. The molecule has 176 valence electrons. The number of esters is 1. The molecule has 0 fully saturated rings. The second kappa shape index (κ2) is 8.42. The first-order valence-electron chi connectivity index (χ1n) is 12.1. The average Bonchev–Trinajstić information content (AvgIpc) is 3.38. The number of rotatable bonds is 5. The fraction of sp³-hybridized carbons (Fsp3) is 0.156. The lowest BCUT2D eigenvalue weighted by atomic mass is 9.67. The topological polar surface area (TPSA) is 60.4 Å². The molecule has 6 rings (SSSR count). The Labute approximate surface area is 209 Å². The molecule has 0 spiro atoms. The summed E-state index contributed by atoms with van der Waals surface area (Å²) in [4.78, 5) is 41.2. The van der Waals surface area contributed by atoms with E-state index in [1.165, 1.54) is 0 Å². The fourth-order valence-corrected chi connectivity index (χ4v) is 6.31. The molecule has 0 N–H and O–H groups in total. The predicted molar refractivity (Wildman–Crippen MR) is 136 cm³/mol. The van der Waals surface area contributed by atoms with E-state index in [1.54, 1.807) is 36.4 Å². The molecule has 0 amide bonds. The van der Waals surface area contributed by atoms with Gasteiger partial charge in [0.1, 0.15) is 6.10 Å². The summed E-state index contributed by atoms with van der Waals surface area (Å²) in [6, 6.07) is 33.2. The van der Waals surface area contributed by atoms with Crippen LogP contribution in [0.3, 0.4) is 0 Å². The quantitative estimate of drug-likeness (QED) is 0.264. The van der Waals surface area contributed by atoms with Gasteiger partial charge < -0.3 is 4.74 Å². The maximum Gasteiger partial charge on any atom is 0.338 e. The van der Waals surface area contributed by atoms with Crippen molar-refractivity contribution in [1.29, 1.82) is 0 Å². The Morgan fingerprint density at radius 3 is 1.97 bits per heavy atom. The highest BCUT2D eigenvalue weighted by molar-refractivity contribution is 6.13. The van der Waals surface area contributed by atoms with Crippen molar-refractivity contribution in [2.75, 3.05) is 0 Å². The predicted octanol–water partition coefficient (Wildman–Crippen LogP) is 6.01. The molecule has 1 unspecified atom stereocenters. The number of ether oxygens (including phenoxy) is 1. The molecule has 0 bridgehead atoms. The largest absolute Gasteiger partial charge is 0.458 e. The first kappa shape index (κ1) is 22.2. The smallest absolute Gasteiger partial charge is 0.338 e. The summed E-state index contributed by atoms with van der Waals surface area (Å²) in [5.74, 6) is -2.03. The summed E-state index contributed by atoms with van der Waals surface area (Å²) >= 11 is 0. The molecule has 0 aromatic heterocycles. The zero-order chi connectivity index (χ0) is 24.9. The molecule has 0 heterocycles. The zero-order valence-corrected chi connectivity index (χ0v) is 19.8. The van der Waals surface area contributed by atoms with Crippen molar-refractivity contribution in [2.24, 2.45) is 5.92 Å². The van der Waals surface area contributed by atoms with Crippen LogP contribution < -0.4 is 0 Å². The summed E-state index contributed by atoms with van der Waals surface area (Å²) in [6.45, 7) is 1.84. The highest BCUT2D eigenvalue weighted by Gasteiger charge is 2.66. The van der Waals surface area contributed by atoms with Gasteiger partial charge in [0, 0.05) is 11.1 Å². The molecule has 4 aromatic carbocycles. The number of carbonyl (C=O) groups excluding carboxylic acids is 3. The Morgan fingerprint density at radius 1 is 0.722 bits per heavy atom. The van der Waals surface area contributed by atoms with E-state index in [1.807, 2.05) is 79.7 Å². The minimum absolute atomic E-state index is 0.0845. The molecule has 4 heteroatoms. The van der Waals surface area contributed by atoms with Crippen LogP contribution in [-0.2, 0) is 10.2 Å². The first-order chi connectivity index (χ1) is 17.5. The second-order valence-electron chi connectivity index (χ2n) is 9.47. The van der Waals surface area contributed by atoms with Crippen molar-refractivity contribution in [2.45, 2.75) is 24.4 Å². The van der Waals surface area contributed by atoms with Gasteiger partial charge in [0.2, 0.25) is 0 Å². The Bertz CT molecular complexity index is 1490. The van der Waals surface area contributed by atoms with E-state index in [0.717, 1.165) is 16.7 Å². The summed E-state index contributed by atoms with van der Waals surface area (Å²) in [5, 5.41) is 0. The monoisotopic (exact) mass is 472 g/mol. The molecule has 0 radical (unpaired) electrons.